The Morgan fingerprint density at radius 3 is 2.68 bits per heavy atom. The van der Waals surface area contributed by atoms with Crippen LogP contribution in [0.5, 0.6) is 0 Å². The number of aromatic nitrogens is 4. The van der Waals surface area contributed by atoms with Crippen molar-refractivity contribution in [2.24, 2.45) is 7.05 Å². The van der Waals surface area contributed by atoms with Crippen LogP contribution in [0.3, 0.4) is 0 Å². The van der Waals surface area contributed by atoms with Crippen LogP contribution in [0.2, 0.25) is 5.02 Å². The number of tetrazole rings is 1. The summed E-state index contributed by atoms with van der Waals surface area (Å²) >= 11 is 8.77. The Balaban J connectivity index is 1.65. The number of rotatable bonds is 6. The van der Waals surface area contributed by atoms with E-state index in [1.807, 2.05) is 48.5 Å². The van der Waals surface area contributed by atoms with Crippen molar-refractivity contribution in [2.75, 3.05) is 11.1 Å². The number of carbonyl (C=O) groups excluding carboxylic acids is 1. The van der Waals surface area contributed by atoms with Crippen molar-refractivity contribution in [3.05, 3.63) is 53.6 Å². The van der Waals surface area contributed by atoms with Crippen LogP contribution in [0.25, 0.3) is 0 Å². The monoisotopic (exact) mass is 391 g/mol. The van der Waals surface area contributed by atoms with Crippen molar-refractivity contribution in [1.29, 1.82) is 0 Å². The topological polar surface area (TPSA) is 72.7 Å². The van der Waals surface area contributed by atoms with Gasteiger partial charge in [-0.05, 0) is 46.8 Å². The van der Waals surface area contributed by atoms with E-state index in [2.05, 4.69) is 20.8 Å². The third kappa shape index (κ3) is 4.97. The second-order valence-corrected chi connectivity index (χ2v) is 7.47. The minimum absolute atomic E-state index is 0.114. The molecule has 0 radical (unpaired) electrons. The first-order valence-corrected chi connectivity index (χ1v) is 9.47. The van der Waals surface area contributed by atoms with Gasteiger partial charge in [-0.1, -0.05) is 47.3 Å². The van der Waals surface area contributed by atoms with E-state index in [4.69, 9.17) is 11.6 Å². The highest BCUT2D eigenvalue weighted by Crippen LogP contribution is 2.34. The molecule has 1 amide bonds. The molecule has 6 nitrogen and oxygen atoms in total. The Morgan fingerprint density at radius 1 is 1.20 bits per heavy atom. The molecule has 2 aromatic carbocycles. The summed E-state index contributed by atoms with van der Waals surface area (Å²) in [5.41, 5.74) is 0.768. The summed E-state index contributed by atoms with van der Waals surface area (Å²) < 4.78 is 1.53. The Hall–Kier alpha value is -2.03. The van der Waals surface area contributed by atoms with Gasteiger partial charge in [0.2, 0.25) is 11.1 Å². The number of amides is 1. The SMILES string of the molecule is Cn1nnnc1SCC(=O)Nc1ccccc1Sc1ccc(Cl)cc1. The predicted molar refractivity (Wildman–Crippen MR) is 100 cm³/mol. The van der Waals surface area contributed by atoms with E-state index in [1.54, 1.807) is 18.8 Å². The number of thioether (sulfide) groups is 1. The Bertz CT molecular complexity index is 869. The number of aryl methyl sites for hydroxylation is 1. The average Bonchev–Trinajstić information content (AvgIpc) is 3.02. The zero-order valence-electron chi connectivity index (χ0n) is 13.2. The maximum Gasteiger partial charge on any atom is 0.234 e. The maximum absolute atomic E-state index is 12.2. The molecule has 0 fully saturated rings. The molecule has 0 aliphatic carbocycles. The molecule has 1 aromatic heterocycles. The van der Waals surface area contributed by atoms with Crippen molar-refractivity contribution in [3.63, 3.8) is 0 Å². The Kier molecular flexibility index (Phi) is 5.95. The van der Waals surface area contributed by atoms with E-state index in [-0.39, 0.29) is 11.7 Å². The number of halogens is 1. The first kappa shape index (κ1) is 17.8. The smallest absolute Gasteiger partial charge is 0.234 e. The molecule has 128 valence electrons. The standard InChI is InChI=1S/C16H14ClN5OS2/c1-22-16(19-20-21-22)24-10-15(23)18-13-4-2-3-5-14(13)25-12-8-6-11(17)7-9-12/h2-9H,10H2,1H3,(H,18,23). The third-order valence-electron chi connectivity index (χ3n) is 3.12. The van der Waals surface area contributed by atoms with Crippen molar-refractivity contribution >= 4 is 46.7 Å². The second kappa shape index (κ2) is 8.37. The summed E-state index contributed by atoms with van der Waals surface area (Å²) in [5, 5.41) is 15.4. The summed E-state index contributed by atoms with van der Waals surface area (Å²) in [7, 11) is 1.73. The zero-order chi connectivity index (χ0) is 17.6. The highest BCUT2D eigenvalue weighted by Gasteiger charge is 2.11. The molecular formula is C16H14ClN5OS2. The molecule has 0 saturated heterocycles. The van der Waals surface area contributed by atoms with Crippen LogP contribution in [-0.2, 0) is 11.8 Å². The molecule has 25 heavy (non-hydrogen) atoms. The number of carbonyl (C=O) groups is 1. The number of nitrogens with one attached hydrogen (secondary N) is 1. The van der Waals surface area contributed by atoms with Gasteiger partial charge in [-0.15, -0.1) is 5.10 Å². The molecular weight excluding hydrogens is 378 g/mol. The number of anilines is 1. The lowest BCUT2D eigenvalue weighted by molar-refractivity contribution is -0.113. The van der Waals surface area contributed by atoms with Crippen molar-refractivity contribution in [2.45, 2.75) is 14.9 Å². The summed E-state index contributed by atoms with van der Waals surface area (Å²) in [5.74, 6) is 0.117. The third-order valence-corrected chi connectivity index (χ3v) is 5.46. The van der Waals surface area contributed by atoms with Gasteiger partial charge in [-0.25, -0.2) is 4.68 Å². The Labute approximate surface area is 158 Å². The normalized spacial score (nSPS) is 10.6. The molecule has 0 unspecified atom stereocenters. The van der Waals surface area contributed by atoms with E-state index < -0.39 is 0 Å². The predicted octanol–water partition coefficient (Wildman–Crippen LogP) is 3.75. The highest BCUT2D eigenvalue weighted by atomic mass is 35.5. The summed E-state index contributed by atoms with van der Waals surface area (Å²) in [6.45, 7) is 0. The van der Waals surface area contributed by atoms with E-state index in [0.29, 0.717) is 10.2 Å². The van der Waals surface area contributed by atoms with Gasteiger partial charge in [0.15, 0.2) is 0 Å². The van der Waals surface area contributed by atoms with Crippen LogP contribution in [-0.4, -0.2) is 31.9 Å². The van der Waals surface area contributed by atoms with Gasteiger partial charge in [0, 0.05) is 21.9 Å². The number of hydrogen-bond acceptors (Lipinski definition) is 6. The molecule has 9 heteroatoms. The fraction of sp³-hybridized carbons (Fsp3) is 0.125. The molecule has 0 aliphatic heterocycles. The van der Waals surface area contributed by atoms with Crippen molar-refractivity contribution in [3.8, 4) is 0 Å². The number of nitrogens with zero attached hydrogens (tertiary/aromatic N) is 4. The van der Waals surface area contributed by atoms with Crippen LogP contribution in [0.4, 0.5) is 5.69 Å². The summed E-state index contributed by atoms with van der Waals surface area (Å²) in [6.07, 6.45) is 0. The van der Waals surface area contributed by atoms with Gasteiger partial charge in [0.1, 0.15) is 0 Å². The first-order chi connectivity index (χ1) is 12.1. The molecule has 3 aromatic rings. The average molecular weight is 392 g/mol. The lowest BCUT2D eigenvalue weighted by Gasteiger charge is -2.10. The molecule has 0 aliphatic rings. The van der Waals surface area contributed by atoms with Crippen LogP contribution >= 0.6 is 35.1 Å². The minimum Gasteiger partial charge on any atom is -0.324 e. The van der Waals surface area contributed by atoms with Gasteiger partial charge in [0.25, 0.3) is 0 Å². The van der Waals surface area contributed by atoms with Gasteiger partial charge in [-0.3, -0.25) is 4.79 Å². The van der Waals surface area contributed by atoms with E-state index >= 15 is 0 Å². The summed E-state index contributed by atoms with van der Waals surface area (Å²) in [4.78, 5) is 14.2. The fourth-order valence-corrected chi connectivity index (χ4v) is 3.63. The number of hydrogen-bond donors (Lipinski definition) is 1. The molecule has 3 rings (SSSR count). The number of para-hydroxylation sites is 1. The van der Waals surface area contributed by atoms with Crippen LogP contribution in [0.1, 0.15) is 0 Å². The molecule has 0 saturated carbocycles. The molecule has 1 N–H and O–H groups in total. The van der Waals surface area contributed by atoms with Gasteiger partial charge in [-0.2, -0.15) is 0 Å². The van der Waals surface area contributed by atoms with Gasteiger partial charge in [0.05, 0.1) is 11.4 Å². The first-order valence-electron chi connectivity index (χ1n) is 7.29. The highest BCUT2D eigenvalue weighted by molar-refractivity contribution is 8.00. The van der Waals surface area contributed by atoms with Crippen LogP contribution in [0, 0.1) is 0 Å². The lowest BCUT2D eigenvalue weighted by atomic mass is 10.3. The molecule has 1 heterocycles. The minimum atomic E-state index is -0.114. The van der Waals surface area contributed by atoms with E-state index in [0.717, 1.165) is 15.5 Å². The van der Waals surface area contributed by atoms with Crippen LogP contribution < -0.4 is 5.32 Å². The molecule has 0 spiro atoms. The van der Waals surface area contributed by atoms with E-state index in [1.165, 1.54) is 16.4 Å². The van der Waals surface area contributed by atoms with Gasteiger partial charge < -0.3 is 5.32 Å². The van der Waals surface area contributed by atoms with Crippen molar-refractivity contribution in [1.82, 2.24) is 20.2 Å². The molecule has 0 atom stereocenters. The lowest BCUT2D eigenvalue weighted by Crippen LogP contribution is -2.15. The second-order valence-electron chi connectivity index (χ2n) is 4.97. The maximum atomic E-state index is 12.2. The van der Waals surface area contributed by atoms with Crippen LogP contribution in [0.15, 0.2) is 63.5 Å². The van der Waals surface area contributed by atoms with Crippen molar-refractivity contribution < 1.29 is 4.79 Å². The Morgan fingerprint density at radius 2 is 1.96 bits per heavy atom. The summed E-state index contributed by atoms with van der Waals surface area (Å²) in [6, 6.07) is 15.3. The quantitative estimate of drug-likeness (QED) is 0.645. The van der Waals surface area contributed by atoms with Gasteiger partial charge >= 0.3 is 0 Å². The number of benzene rings is 2. The largest absolute Gasteiger partial charge is 0.324 e. The fourth-order valence-electron chi connectivity index (χ4n) is 1.95. The molecule has 0 bridgehead atoms. The van der Waals surface area contributed by atoms with E-state index in [9.17, 15) is 4.79 Å². The zero-order valence-corrected chi connectivity index (χ0v) is 15.6.